The maximum absolute atomic E-state index is 10.8. The molecule has 0 aromatic heterocycles. The van der Waals surface area contributed by atoms with Crippen LogP contribution in [-0.2, 0) is 14.3 Å². The van der Waals surface area contributed by atoms with E-state index in [2.05, 4.69) is 0 Å². The molecule has 1 aliphatic heterocycles. The van der Waals surface area contributed by atoms with Crippen LogP contribution < -0.4 is 0 Å². The number of allylic oxidation sites excluding steroid dienone is 1. The number of rotatable bonds is 6. The maximum atomic E-state index is 10.8. The number of carbonyl (C=O) groups is 1. The summed E-state index contributed by atoms with van der Waals surface area (Å²) in [6, 6.07) is 0. The van der Waals surface area contributed by atoms with E-state index in [4.69, 9.17) is 19.7 Å². The maximum Gasteiger partial charge on any atom is 0.370 e. The minimum absolute atomic E-state index is 0.0106. The summed E-state index contributed by atoms with van der Waals surface area (Å²) < 4.78 is 10.8. The summed E-state index contributed by atoms with van der Waals surface area (Å²) in [6.07, 6.45) is 2.91. The van der Waals surface area contributed by atoms with Gasteiger partial charge in [-0.25, -0.2) is 4.79 Å². The van der Waals surface area contributed by atoms with Crippen molar-refractivity contribution in [2.45, 2.75) is 38.4 Å². The SMILES string of the molecule is CCOC(CCO)[C@H]1CCC=C(C(=O)O)O1. The summed E-state index contributed by atoms with van der Waals surface area (Å²) in [5.41, 5.74) is 0. The molecule has 0 fully saturated rings. The lowest BCUT2D eigenvalue weighted by atomic mass is 10.0. The first kappa shape index (κ1) is 13.0. The molecule has 0 saturated carbocycles. The molecule has 1 heterocycles. The fourth-order valence-electron chi connectivity index (χ4n) is 1.77. The van der Waals surface area contributed by atoms with Crippen LogP contribution in [0.3, 0.4) is 0 Å². The zero-order valence-electron chi connectivity index (χ0n) is 9.39. The second-order valence-corrected chi connectivity index (χ2v) is 3.61. The van der Waals surface area contributed by atoms with Crippen LogP contribution in [0, 0.1) is 0 Å². The van der Waals surface area contributed by atoms with Crippen LogP contribution in [0.2, 0.25) is 0 Å². The highest BCUT2D eigenvalue weighted by atomic mass is 16.6. The predicted molar refractivity (Wildman–Crippen MR) is 56.9 cm³/mol. The van der Waals surface area contributed by atoms with Gasteiger partial charge in [-0.2, -0.15) is 0 Å². The van der Waals surface area contributed by atoms with Crippen molar-refractivity contribution < 1.29 is 24.5 Å². The number of aliphatic hydroxyl groups is 1. The highest BCUT2D eigenvalue weighted by molar-refractivity contribution is 5.84. The third-order valence-corrected chi connectivity index (χ3v) is 2.48. The van der Waals surface area contributed by atoms with E-state index in [1.807, 2.05) is 6.92 Å². The normalized spacial score (nSPS) is 22.1. The Kier molecular flexibility index (Phi) is 5.28. The van der Waals surface area contributed by atoms with Crippen molar-refractivity contribution >= 4 is 5.97 Å². The molecule has 0 amide bonds. The van der Waals surface area contributed by atoms with Crippen molar-refractivity contribution in [2.24, 2.45) is 0 Å². The molecule has 1 rings (SSSR count). The summed E-state index contributed by atoms with van der Waals surface area (Å²) in [4.78, 5) is 10.8. The molecular formula is C11H18O5. The van der Waals surface area contributed by atoms with Crippen LogP contribution in [-0.4, -0.2) is 41.6 Å². The molecule has 0 saturated heterocycles. The Bertz CT molecular complexity index is 255. The monoisotopic (exact) mass is 230 g/mol. The molecule has 5 nitrogen and oxygen atoms in total. The fraction of sp³-hybridized carbons (Fsp3) is 0.727. The van der Waals surface area contributed by atoms with Crippen LogP contribution in [0.25, 0.3) is 0 Å². The number of ether oxygens (including phenoxy) is 2. The van der Waals surface area contributed by atoms with Gasteiger partial charge in [0.1, 0.15) is 6.10 Å². The quantitative estimate of drug-likeness (QED) is 0.709. The van der Waals surface area contributed by atoms with E-state index in [9.17, 15) is 4.79 Å². The molecule has 0 aliphatic carbocycles. The third-order valence-electron chi connectivity index (χ3n) is 2.48. The molecule has 0 bridgehead atoms. The van der Waals surface area contributed by atoms with Gasteiger partial charge in [-0.05, 0) is 25.8 Å². The van der Waals surface area contributed by atoms with Gasteiger partial charge in [-0.3, -0.25) is 0 Å². The van der Waals surface area contributed by atoms with Gasteiger partial charge in [0.2, 0.25) is 5.76 Å². The Hall–Kier alpha value is -1.07. The molecule has 2 atom stereocenters. The Morgan fingerprint density at radius 2 is 2.50 bits per heavy atom. The number of carboxylic acids is 1. The van der Waals surface area contributed by atoms with Gasteiger partial charge < -0.3 is 19.7 Å². The number of hydrogen-bond acceptors (Lipinski definition) is 4. The largest absolute Gasteiger partial charge is 0.481 e. The third kappa shape index (κ3) is 3.50. The molecule has 2 N–H and O–H groups in total. The molecular weight excluding hydrogens is 212 g/mol. The summed E-state index contributed by atoms with van der Waals surface area (Å²) in [5.74, 6) is -1.07. The van der Waals surface area contributed by atoms with E-state index in [1.165, 1.54) is 0 Å². The minimum atomic E-state index is -1.05. The van der Waals surface area contributed by atoms with E-state index in [0.29, 0.717) is 19.4 Å². The number of carboxylic acid groups (broad SMARTS) is 1. The molecule has 16 heavy (non-hydrogen) atoms. The first-order chi connectivity index (χ1) is 7.69. The van der Waals surface area contributed by atoms with Crippen LogP contribution in [0.15, 0.2) is 11.8 Å². The van der Waals surface area contributed by atoms with Crippen LogP contribution in [0.5, 0.6) is 0 Å². The molecule has 0 aromatic rings. The number of hydrogen-bond donors (Lipinski definition) is 2. The number of aliphatic hydroxyl groups excluding tert-OH is 1. The van der Waals surface area contributed by atoms with Gasteiger partial charge in [-0.1, -0.05) is 0 Å². The van der Waals surface area contributed by atoms with E-state index in [1.54, 1.807) is 6.08 Å². The summed E-state index contributed by atoms with van der Waals surface area (Å²) >= 11 is 0. The summed E-state index contributed by atoms with van der Waals surface area (Å²) in [7, 11) is 0. The second-order valence-electron chi connectivity index (χ2n) is 3.61. The minimum Gasteiger partial charge on any atom is -0.481 e. The van der Waals surface area contributed by atoms with Crippen molar-refractivity contribution in [3.8, 4) is 0 Å². The lowest BCUT2D eigenvalue weighted by Gasteiger charge is -2.29. The molecule has 1 aliphatic rings. The molecule has 0 radical (unpaired) electrons. The van der Waals surface area contributed by atoms with Crippen molar-refractivity contribution in [1.29, 1.82) is 0 Å². The molecule has 1 unspecified atom stereocenters. The van der Waals surface area contributed by atoms with Gasteiger partial charge in [0, 0.05) is 19.6 Å². The van der Waals surface area contributed by atoms with Crippen LogP contribution >= 0.6 is 0 Å². The predicted octanol–water partition coefficient (Wildman–Crippen LogP) is 0.921. The van der Waals surface area contributed by atoms with Crippen molar-refractivity contribution in [3.05, 3.63) is 11.8 Å². The van der Waals surface area contributed by atoms with Crippen molar-refractivity contribution in [3.63, 3.8) is 0 Å². The second kappa shape index (κ2) is 6.50. The molecule has 0 aromatic carbocycles. The lowest BCUT2D eigenvalue weighted by molar-refractivity contribution is -0.141. The first-order valence-corrected chi connectivity index (χ1v) is 5.51. The average Bonchev–Trinajstić information content (AvgIpc) is 2.29. The van der Waals surface area contributed by atoms with E-state index < -0.39 is 5.97 Å². The van der Waals surface area contributed by atoms with Gasteiger partial charge in [0.15, 0.2) is 0 Å². The molecule has 0 spiro atoms. The Balaban J connectivity index is 2.58. The zero-order chi connectivity index (χ0) is 12.0. The smallest absolute Gasteiger partial charge is 0.370 e. The highest BCUT2D eigenvalue weighted by Gasteiger charge is 2.28. The summed E-state index contributed by atoms with van der Waals surface area (Å²) in [6.45, 7) is 2.40. The van der Waals surface area contributed by atoms with Crippen molar-refractivity contribution in [1.82, 2.24) is 0 Å². The lowest BCUT2D eigenvalue weighted by Crippen LogP contribution is -2.35. The topological polar surface area (TPSA) is 76.0 Å². The molecule has 5 heteroatoms. The number of aliphatic carboxylic acids is 1. The fourth-order valence-corrected chi connectivity index (χ4v) is 1.77. The van der Waals surface area contributed by atoms with Gasteiger partial charge in [0.05, 0.1) is 6.10 Å². The Morgan fingerprint density at radius 1 is 1.75 bits per heavy atom. The standard InChI is InChI=1S/C11H18O5/c1-2-15-8(6-7-12)9-4-3-5-10(16-9)11(13)14/h5,8-9,12H,2-4,6-7H2,1H3,(H,13,14)/t8?,9-/m1/s1. The average molecular weight is 230 g/mol. The van der Waals surface area contributed by atoms with E-state index >= 15 is 0 Å². The van der Waals surface area contributed by atoms with Gasteiger partial charge in [0.25, 0.3) is 0 Å². The zero-order valence-corrected chi connectivity index (χ0v) is 9.39. The molecule has 92 valence electrons. The van der Waals surface area contributed by atoms with Gasteiger partial charge >= 0.3 is 5.97 Å². The Morgan fingerprint density at radius 3 is 3.06 bits per heavy atom. The Labute approximate surface area is 94.7 Å². The van der Waals surface area contributed by atoms with Crippen LogP contribution in [0.1, 0.15) is 26.2 Å². The van der Waals surface area contributed by atoms with Gasteiger partial charge in [-0.15, -0.1) is 0 Å². The van der Waals surface area contributed by atoms with E-state index in [0.717, 1.165) is 6.42 Å². The summed E-state index contributed by atoms with van der Waals surface area (Å²) in [5, 5.41) is 17.7. The van der Waals surface area contributed by atoms with E-state index in [-0.39, 0.29) is 24.6 Å². The highest BCUT2D eigenvalue weighted by Crippen LogP contribution is 2.22. The first-order valence-electron chi connectivity index (χ1n) is 5.51. The van der Waals surface area contributed by atoms with Crippen molar-refractivity contribution in [2.75, 3.05) is 13.2 Å². The van der Waals surface area contributed by atoms with Crippen LogP contribution in [0.4, 0.5) is 0 Å².